The van der Waals surface area contributed by atoms with Gasteiger partial charge in [-0.15, -0.1) is 0 Å². The predicted octanol–water partition coefficient (Wildman–Crippen LogP) is 0.116. The number of nitro groups is 1. The molecule has 1 rings (SSSR count). The molecule has 0 unspecified atom stereocenters. The van der Waals surface area contributed by atoms with E-state index in [1.165, 1.54) is 6.92 Å². The molecular formula is C10H12ClN3O5. The van der Waals surface area contributed by atoms with Gasteiger partial charge in [-0.05, 0) is 6.92 Å². The molecule has 1 aromatic heterocycles. The summed E-state index contributed by atoms with van der Waals surface area (Å²) in [5.74, 6) is -0.771. The maximum Gasteiger partial charge on any atom is 0.288 e. The number of nitrogens with zero attached hydrogens (tertiary/aromatic N) is 2. The smallest absolute Gasteiger partial charge is 0.288 e. The van der Waals surface area contributed by atoms with Crippen molar-refractivity contribution in [3.8, 4) is 0 Å². The number of halogens is 1. The van der Waals surface area contributed by atoms with Gasteiger partial charge in [-0.3, -0.25) is 14.9 Å². The average Bonchev–Trinajstić information content (AvgIpc) is 2.38. The van der Waals surface area contributed by atoms with Crippen molar-refractivity contribution in [1.29, 1.82) is 0 Å². The largest absolute Gasteiger partial charge is 0.394 e. The van der Waals surface area contributed by atoms with Gasteiger partial charge in [0.1, 0.15) is 11.3 Å². The fraction of sp³-hybridized carbons (Fsp3) is 0.400. The Morgan fingerprint density at radius 3 is 2.63 bits per heavy atom. The van der Waals surface area contributed by atoms with Gasteiger partial charge < -0.3 is 15.5 Å². The van der Waals surface area contributed by atoms with Gasteiger partial charge in [0, 0.05) is 6.07 Å². The minimum Gasteiger partial charge on any atom is -0.394 e. The van der Waals surface area contributed by atoms with Crippen LogP contribution in [-0.4, -0.2) is 44.8 Å². The predicted molar refractivity (Wildman–Crippen MR) is 65.9 cm³/mol. The first-order valence-corrected chi connectivity index (χ1v) is 5.55. The molecule has 9 heteroatoms. The van der Waals surface area contributed by atoms with Gasteiger partial charge in [-0.2, -0.15) is 0 Å². The topological polar surface area (TPSA) is 126 Å². The Labute approximate surface area is 113 Å². The summed E-state index contributed by atoms with van der Waals surface area (Å²) in [6.07, 6.45) is 0.927. The summed E-state index contributed by atoms with van der Waals surface area (Å²) in [4.78, 5) is 25.3. The number of carbonyl (C=O) groups is 1. The zero-order valence-electron chi connectivity index (χ0n) is 9.96. The second-order valence-corrected chi connectivity index (χ2v) is 4.48. The number of aliphatic hydroxyl groups is 2. The van der Waals surface area contributed by atoms with E-state index in [-0.39, 0.29) is 16.4 Å². The number of hydrogen-bond acceptors (Lipinski definition) is 6. The van der Waals surface area contributed by atoms with Crippen LogP contribution in [0.25, 0.3) is 0 Å². The third kappa shape index (κ3) is 3.60. The van der Waals surface area contributed by atoms with E-state index in [4.69, 9.17) is 21.8 Å². The number of nitrogens with one attached hydrogen (secondary N) is 1. The van der Waals surface area contributed by atoms with Gasteiger partial charge in [0.05, 0.1) is 29.2 Å². The maximum atomic E-state index is 11.9. The summed E-state index contributed by atoms with van der Waals surface area (Å²) >= 11 is 5.69. The quantitative estimate of drug-likeness (QED) is 0.401. The third-order valence-electron chi connectivity index (χ3n) is 2.39. The van der Waals surface area contributed by atoms with E-state index >= 15 is 0 Å². The number of aromatic nitrogens is 1. The van der Waals surface area contributed by atoms with Crippen molar-refractivity contribution in [3.05, 3.63) is 33.1 Å². The summed E-state index contributed by atoms with van der Waals surface area (Å²) in [5, 5.41) is 30.8. The lowest BCUT2D eigenvalue weighted by molar-refractivity contribution is -0.385. The Hall–Kier alpha value is -1.77. The molecule has 0 aromatic carbocycles. The van der Waals surface area contributed by atoms with Crippen molar-refractivity contribution in [3.63, 3.8) is 0 Å². The minimum absolute atomic E-state index is 0.205. The Kier molecular flexibility index (Phi) is 4.76. The molecule has 1 aromatic rings. The van der Waals surface area contributed by atoms with Crippen molar-refractivity contribution in [2.45, 2.75) is 12.5 Å². The highest BCUT2D eigenvalue weighted by Gasteiger charge is 2.27. The molecule has 0 spiro atoms. The summed E-state index contributed by atoms with van der Waals surface area (Å²) in [5.41, 5.74) is -1.85. The summed E-state index contributed by atoms with van der Waals surface area (Å²) in [6, 6.07) is 0.972. The zero-order chi connectivity index (χ0) is 14.6. The van der Waals surface area contributed by atoms with Gasteiger partial charge in [-0.1, -0.05) is 11.6 Å². The first-order chi connectivity index (χ1) is 8.83. The number of rotatable bonds is 5. The molecule has 104 valence electrons. The normalized spacial score (nSPS) is 11.2. The van der Waals surface area contributed by atoms with Crippen LogP contribution in [-0.2, 0) is 0 Å². The van der Waals surface area contributed by atoms with Crippen LogP contribution in [0.4, 0.5) is 5.69 Å². The highest BCUT2D eigenvalue weighted by molar-refractivity contribution is 6.32. The number of aliphatic hydroxyl groups excluding tert-OH is 2. The molecule has 1 heterocycles. The SMILES string of the molecule is CC(CO)(CO)NC(=O)c1cc([N+](=O)[O-])cnc1Cl. The van der Waals surface area contributed by atoms with E-state index < -0.39 is 29.6 Å². The molecular weight excluding hydrogens is 278 g/mol. The molecule has 0 fully saturated rings. The van der Waals surface area contributed by atoms with Crippen LogP contribution < -0.4 is 5.32 Å². The van der Waals surface area contributed by atoms with E-state index in [2.05, 4.69) is 10.3 Å². The standard InChI is InChI=1S/C10H12ClN3O5/c1-10(4-15,5-16)13-9(17)7-2-6(14(18)19)3-12-8(7)11/h2-3,15-16H,4-5H2,1H3,(H,13,17). The molecule has 0 atom stereocenters. The Morgan fingerprint density at radius 2 is 2.16 bits per heavy atom. The number of amides is 1. The average molecular weight is 290 g/mol. The third-order valence-corrected chi connectivity index (χ3v) is 2.69. The first kappa shape index (κ1) is 15.3. The Bertz CT molecular complexity index is 504. The van der Waals surface area contributed by atoms with Crippen LogP contribution in [0.1, 0.15) is 17.3 Å². The summed E-state index contributed by atoms with van der Waals surface area (Å²) in [7, 11) is 0. The molecule has 0 saturated heterocycles. The van der Waals surface area contributed by atoms with E-state index in [9.17, 15) is 14.9 Å². The number of hydrogen-bond donors (Lipinski definition) is 3. The highest BCUT2D eigenvalue weighted by atomic mass is 35.5. The first-order valence-electron chi connectivity index (χ1n) is 5.17. The minimum atomic E-state index is -1.26. The number of carbonyl (C=O) groups excluding carboxylic acids is 1. The van der Waals surface area contributed by atoms with E-state index in [1.54, 1.807) is 0 Å². The Balaban J connectivity index is 3.06. The molecule has 3 N–H and O–H groups in total. The molecule has 0 saturated carbocycles. The van der Waals surface area contributed by atoms with Crippen LogP contribution in [0.3, 0.4) is 0 Å². The summed E-state index contributed by atoms with van der Waals surface area (Å²) < 4.78 is 0. The molecule has 0 aliphatic heterocycles. The molecule has 1 amide bonds. The van der Waals surface area contributed by atoms with Gasteiger partial charge in [0.15, 0.2) is 0 Å². The van der Waals surface area contributed by atoms with Crippen LogP contribution in [0.2, 0.25) is 5.15 Å². The lowest BCUT2D eigenvalue weighted by Gasteiger charge is -2.26. The van der Waals surface area contributed by atoms with Crippen molar-refractivity contribution in [2.75, 3.05) is 13.2 Å². The van der Waals surface area contributed by atoms with Gasteiger partial charge >= 0.3 is 0 Å². The van der Waals surface area contributed by atoms with Crippen LogP contribution in [0, 0.1) is 10.1 Å². The molecule has 0 radical (unpaired) electrons. The van der Waals surface area contributed by atoms with Gasteiger partial charge in [0.25, 0.3) is 11.6 Å². The zero-order valence-corrected chi connectivity index (χ0v) is 10.7. The summed E-state index contributed by atoms with van der Waals surface area (Å²) in [6.45, 7) is 0.397. The maximum absolute atomic E-state index is 11.9. The van der Waals surface area contributed by atoms with E-state index in [0.717, 1.165) is 12.3 Å². The lowest BCUT2D eigenvalue weighted by atomic mass is 10.0. The van der Waals surface area contributed by atoms with Crippen molar-refractivity contribution in [2.24, 2.45) is 0 Å². The second kappa shape index (κ2) is 5.91. The van der Waals surface area contributed by atoms with Gasteiger partial charge in [0.2, 0.25) is 0 Å². The lowest BCUT2D eigenvalue weighted by Crippen LogP contribution is -2.51. The fourth-order valence-electron chi connectivity index (χ4n) is 1.17. The highest BCUT2D eigenvalue weighted by Crippen LogP contribution is 2.19. The van der Waals surface area contributed by atoms with Gasteiger partial charge in [-0.25, -0.2) is 4.98 Å². The molecule has 0 aliphatic carbocycles. The van der Waals surface area contributed by atoms with Crippen LogP contribution in [0.5, 0.6) is 0 Å². The van der Waals surface area contributed by atoms with Crippen molar-refractivity contribution >= 4 is 23.2 Å². The van der Waals surface area contributed by atoms with E-state index in [1.807, 2.05) is 0 Å². The molecule has 0 aliphatic rings. The van der Waals surface area contributed by atoms with Crippen LogP contribution in [0.15, 0.2) is 12.3 Å². The molecule has 19 heavy (non-hydrogen) atoms. The molecule has 0 bridgehead atoms. The van der Waals surface area contributed by atoms with Crippen LogP contribution >= 0.6 is 11.6 Å². The Morgan fingerprint density at radius 1 is 1.58 bits per heavy atom. The van der Waals surface area contributed by atoms with Crippen molar-refractivity contribution in [1.82, 2.24) is 10.3 Å². The van der Waals surface area contributed by atoms with Crippen molar-refractivity contribution < 1.29 is 19.9 Å². The number of pyridine rings is 1. The van der Waals surface area contributed by atoms with E-state index in [0.29, 0.717) is 0 Å². The monoisotopic (exact) mass is 289 g/mol. The second-order valence-electron chi connectivity index (χ2n) is 4.12. The fourth-order valence-corrected chi connectivity index (χ4v) is 1.36. The molecule has 8 nitrogen and oxygen atoms in total.